The zero-order chi connectivity index (χ0) is 16.4. The summed E-state index contributed by atoms with van der Waals surface area (Å²) in [5.74, 6) is 1.18. The molecular formula is C16H24N4O3. The second kappa shape index (κ2) is 6.70. The number of rotatable bonds is 4. The molecule has 0 spiro atoms. The van der Waals surface area contributed by atoms with Crippen molar-refractivity contribution >= 4 is 17.6 Å². The fourth-order valence-electron chi connectivity index (χ4n) is 3.86. The smallest absolute Gasteiger partial charge is 0.239 e. The van der Waals surface area contributed by atoms with Gasteiger partial charge in [0.15, 0.2) is 5.82 Å². The molecule has 0 unspecified atom stereocenters. The quantitative estimate of drug-likeness (QED) is 0.907. The van der Waals surface area contributed by atoms with Crippen molar-refractivity contribution in [2.24, 2.45) is 0 Å². The summed E-state index contributed by atoms with van der Waals surface area (Å²) in [6.45, 7) is 5.50. The second-order valence-corrected chi connectivity index (χ2v) is 6.47. The summed E-state index contributed by atoms with van der Waals surface area (Å²) in [6.07, 6.45) is 4.21. The summed E-state index contributed by atoms with van der Waals surface area (Å²) >= 11 is 0. The van der Waals surface area contributed by atoms with Crippen molar-refractivity contribution in [3.05, 3.63) is 11.8 Å². The molecule has 23 heavy (non-hydrogen) atoms. The highest BCUT2D eigenvalue weighted by molar-refractivity contribution is 5.91. The summed E-state index contributed by atoms with van der Waals surface area (Å²) < 4.78 is 4.96. The standard InChI is InChI=1S/C16H24N4O3/c1-11-9-15(18-23-11)17-16(22)10-19-7-3-5-13(19)14-6-4-8-20(14)12(2)21/h9,13-14H,3-8,10H2,1-2H3,(H,17,18,22)/t13-,14-/m1/s1. The minimum absolute atomic E-state index is 0.0856. The van der Waals surface area contributed by atoms with E-state index in [0.717, 1.165) is 38.8 Å². The van der Waals surface area contributed by atoms with Gasteiger partial charge in [0.1, 0.15) is 5.76 Å². The lowest BCUT2D eigenvalue weighted by atomic mass is 10.0. The molecule has 3 heterocycles. The normalized spacial score (nSPS) is 25.0. The molecule has 1 aromatic rings. The monoisotopic (exact) mass is 320 g/mol. The Bertz CT molecular complexity index is 586. The highest BCUT2D eigenvalue weighted by Gasteiger charge is 2.39. The third-order valence-electron chi connectivity index (χ3n) is 4.80. The van der Waals surface area contributed by atoms with Crippen LogP contribution in [-0.2, 0) is 9.59 Å². The van der Waals surface area contributed by atoms with Gasteiger partial charge in [0.05, 0.1) is 6.54 Å². The van der Waals surface area contributed by atoms with Crippen molar-refractivity contribution < 1.29 is 14.1 Å². The predicted molar refractivity (Wildman–Crippen MR) is 84.9 cm³/mol. The first-order chi connectivity index (χ1) is 11.0. The number of amides is 2. The Morgan fingerprint density at radius 2 is 2.04 bits per heavy atom. The van der Waals surface area contributed by atoms with Gasteiger partial charge in [0.25, 0.3) is 0 Å². The van der Waals surface area contributed by atoms with Crippen molar-refractivity contribution in [3.63, 3.8) is 0 Å². The minimum atomic E-state index is -0.0856. The Morgan fingerprint density at radius 3 is 2.74 bits per heavy atom. The third kappa shape index (κ3) is 3.55. The molecule has 7 heteroatoms. The van der Waals surface area contributed by atoms with Gasteiger partial charge < -0.3 is 14.7 Å². The van der Waals surface area contributed by atoms with Gasteiger partial charge in [-0.2, -0.15) is 0 Å². The summed E-state index contributed by atoms with van der Waals surface area (Å²) in [5.41, 5.74) is 0. The number of anilines is 1. The van der Waals surface area contributed by atoms with Crippen LogP contribution in [0, 0.1) is 6.92 Å². The van der Waals surface area contributed by atoms with E-state index < -0.39 is 0 Å². The summed E-state index contributed by atoms with van der Waals surface area (Å²) in [6, 6.07) is 2.23. The molecular weight excluding hydrogens is 296 g/mol. The minimum Gasteiger partial charge on any atom is -0.360 e. The summed E-state index contributed by atoms with van der Waals surface area (Å²) in [4.78, 5) is 28.2. The number of nitrogens with zero attached hydrogens (tertiary/aromatic N) is 3. The number of carbonyl (C=O) groups is 2. The van der Waals surface area contributed by atoms with Crippen LogP contribution in [0.15, 0.2) is 10.6 Å². The van der Waals surface area contributed by atoms with Crippen LogP contribution in [0.5, 0.6) is 0 Å². The van der Waals surface area contributed by atoms with Crippen LogP contribution in [0.1, 0.15) is 38.4 Å². The Labute approximate surface area is 136 Å². The summed E-state index contributed by atoms with van der Waals surface area (Å²) in [7, 11) is 0. The van der Waals surface area contributed by atoms with E-state index in [0.29, 0.717) is 18.1 Å². The number of hydrogen-bond acceptors (Lipinski definition) is 5. The molecule has 2 amide bonds. The molecule has 0 saturated carbocycles. The van der Waals surface area contributed by atoms with Crippen LogP contribution in [0.3, 0.4) is 0 Å². The molecule has 0 aliphatic carbocycles. The zero-order valence-electron chi connectivity index (χ0n) is 13.7. The first-order valence-corrected chi connectivity index (χ1v) is 8.29. The number of likely N-dealkylation sites (tertiary alicyclic amines) is 2. The van der Waals surface area contributed by atoms with E-state index in [1.807, 2.05) is 4.90 Å². The van der Waals surface area contributed by atoms with E-state index in [-0.39, 0.29) is 23.9 Å². The Balaban J connectivity index is 1.60. The average molecular weight is 320 g/mol. The third-order valence-corrected chi connectivity index (χ3v) is 4.80. The van der Waals surface area contributed by atoms with Crippen molar-refractivity contribution in [3.8, 4) is 0 Å². The molecule has 2 saturated heterocycles. The molecule has 0 aromatic carbocycles. The molecule has 126 valence electrons. The maximum atomic E-state index is 12.2. The Morgan fingerprint density at radius 1 is 1.30 bits per heavy atom. The molecule has 0 bridgehead atoms. The number of aryl methyl sites for hydroxylation is 1. The second-order valence-electron chi connectivity index (χ2n) is 6.47. The van der Waals surface area contributed by atoms with Crippen LogP contribution in [0.25, 0.3) is 0 Å². The first-order valence-electron chi connectivity index (χ1n) is 8.29. The lowest BCUT2D eigenvalue weighted by molar-refractivity contribution is -0.130. The van der Waals surface area contributed by atoms with Gasteiger partial charge >= 0.3 is 0 Å². The average Bonchev–Trinajstić information content (AvgIpc) is 3.18. The van der Waals surface area contributed by atoms with Gasteiger partial charge in [-0.05, 0) is 39.2 Å². The van der Waals surface area contributed by atoms with Crippen molar-refractivity contribution in [1.82, 2.24) is 15.0 Å². The maximum Gasteiger partial charge on any atom is 0.239 e. The van der Waals surface area contributed by atoms with E-state index in [4.69, 9.17) is 4.52 Å². The molecule has 3 rings (SSSR count). The van der Waals surface area contributed by atoms with Crippen LogP contribution < -0.4 is 5.32 Å². The molecule has 2 fully saturated rings. The molecule has 2 aliphatic heterocycles. The number of nitrogens with one attached hydrogen (secondary N) is 1. The van der Waals surface area contributed by atoms with Crippen LogP contribution in [0.2, 0.25) is 0 Å². The highest BCUT2D eigenvalue weighted by atomic mass is 16.5. The molecule has 1 aromatic heterocycles. The van der Waals surface area contributed by atoms with E-state index in [1.54, 1.807) is 19.9 Å². The van der Waals surface area contributed by atoms with Gasteiger partial charge in [-0.3, -0.25) is 14.5 Å². The lowest BCUT2D eigenvalue weighted by Gasteiger charge is -2.34. The fraction of sp³-hybridized carbons (Fsp3) is 0.688. The topological polar surface area (TPSA) is 78.7 Å². The summed E-state index contributed by atoms with van der Waals surface area (Å²) in [5, 5.41) is 6.55. The fourth-order valence-corrected chi connectivity index (χ4v) is 3.86. The SMILES string of the molecule is CC(=O)N1CCC[C@@H]1[C@H]1CCCN1CC(=O)Nc1cc(C)on1. The molecule has 7 nitrogen and oxygen atoms in total. The molecule has 1 N–H and O–H groups in total. The first kappa shape index (κ1) is 16.0. The number of aromatic nitrogens is 1. The van der Waals surface area contributed by atoms with Gasteiger partial charge in [0.2, 0.25) is 11.8 Å². The van der Waals surface area contributed by atoms with Gasteiger partial charge in [-0.15, -0.1) is 0 Å². The van der Waals surface area contributed by atoms with Crippen molar-refractivity contribution in [1.29, 1.82) is 0 Å². The lowest BCUT2D eigenvalue weighted by Crippen LogP contribution is -2.49. The van der Waals surface area contributed by atoms with Gasteiger partial charge in [-0.25, -0.2) is 0 Å². The van der Waals surface area contributed by atoms with Crippen molar-refractivity contribution in [2.75, 3.05) is 25.0 Å². The predicted octanol–water partition coefficient (Wildman–Crippen LogP) is 1.40. The molecule has 0 radical (unpaired) electrons. The zero-order valence-corrected chi connectivity index (χ0v) is 13.7. The van der Waals surface area contributed by atoms with Crippen LogP contribution in [0.4, 0.5) is 5.82 Å². The Kier molecular flexibility index (Phi) is 4.66. The number of hydrogen-bond donors (Lipinski definition) is 1. The largest absolute Gasteiger partial charge is 0.360 e. The van der Waals surface area contributed by atoms with Crippen LogP contribution >= 0.6 is 0 Å². The van der Waals surface area contributed by atoms with Gasteiger partial charge in [0, 0.05) is 31.6 Å². The van der Waals surface area contributed by atoms with E-state index >= 15 is 0 Å². The maximum absolute atomic E-state index is 12.2. The molecule has 2 atom stereocenters. The number of carbonyl (C=O) groups excluding carboxylic acids is 2. The molecule has 2 aliphatic rings. The Hall–Kier alpha value is -1.89. The van der Waals surface area contributed by atoms with Crippen molar-refractivity contribution in [2.45, 2.75) is 51.6 Å². The van der Waals surface area contributed by atoms with Gasteiger partial charge in [-0.1, -0.05) is 5.16 Å². The van der Waals surface area contributed by atoms with E-state index in [9.17, 15) is 9.59 Å². The van der Waals surface area contributed by atoms with E-state index in [2.05, 4.69) is 15.4 Å². The van der Waals surface area contributed by atoms with Crippen LogP contribution in [-0.4, -0.2) is 58.5 Å². The van der Waals surface area contributed by atoms with E-state index in [1.165, 1.54) is 0 Å². The highest BCUT2D eigenvalue weighted by Crippen LogP contribution is 2.29.